The maximum atomic E-state index is 13.0. The summed E-state index contributed by atoms with van der Waals surface area (Å²) in [7, 11) is 0. The molecule has 7 N–H and O–H groups in total. The summed E-state index contributed by atoms with van der Waals surface area (Å²) in [5.41, 5.74) is 5.16. The van der Waals surface area contributed by atoms with Gasteiger partial charge in [0, 0.05) is 22.9 Å². The summed E-state index contributed by atoms with van der Waals surface area (Å²) in [5.74, 6) is -3.04. The van der Waals surface area contributed by atoms with Crippen LogP contribution in [0.25, 0.3) is 0 Å². The average molecular weight is 565 g/mol. The van der Waals surface area contributed by atoms with E-state index in [-0.39, 0.29) is 72.9 Å². The molecule has 3 heterocycles. The Morgan fingerprint density at radius 3 is 2.41 bits per heavy atom. The molecule has 1 aromatic heterocycles. The minimum atomic E-state index is -1.35. The lowest BCUT2D eigenvalue weighted by Gasteiger charge is -2.50. The van der Waals surface area contributed by atoms with Crippen molar-refractivity contribution in [3.8, 4) is 0 Å². The van der Waals surface area contributed by atoms with Gasteiger partial charge in [0.1, 0.15) is 43.3 Å². The van der Waals surface area contributed by atoms with Crippen molar-refractivity contribution in [3.05, 3.63) is 17.1 Å². The molecular weight excluding hydrogens is 537 g/mol. The van der Waals surface area contributed by atoms with E-state index in [4.69, 9.17) is 5.73 Å². The normalized spacial score (nSPS) is 19.9. The van der Waals surface area contributed by atoms with Crippen LogP contribution >= 0.6 is 23.3 Å². The smallest absolute Gasteiger partial charge is 0.352 e. The summed E-state index contributed by atoms with van der Waals surface area (Å²) in [6.07, 6.45) is 0. The summed E-state index contributed by atoms with van der Waals surface area (Å²) in [6.45, 7) is -1.52. The number of oxime groups is 1. The Morgan fingerprint density at radius 1 is 1.24 bits per heavy atom. The first kappa shape index (κ1) is 28.7. The second-order valence-corrected chi connectivity index (χ2v) is 9.98. The van der Waals surface area contributed by atoms with Crippen LogP contribution in [-0.2, 0) is 19.2 Å². The van der Waals surface area contributed by atoms with E-state index in [0.717, 1.165) is 16.4 Å². The number of alkyl halides is 1. The van der Waals surface area contributed by atoms with E-state index >= 15 is 0 Å². The Kier molecular flexibility index (Phi) is 9.74. The lowest BCUT2D eigenvalue weighted by atomic mass is 10.0. The largest absolute Gasteiger partial charge is 0.477 e. The topological polar surface area (TPSA) is 221 Å². The number of hydrogen-bond donors (Lipinski definition) is 6. The molecule has 0 bridgehead atoms. The molecule has 18 heteroatoms. The van der Waals surface area contributed by atoms with Crippen molar-refractivity contribution in [1.29, 1.82) is 0 Å². The number of fused-ring (bicyclic) bond motifs is 1. The molecule has 1 saturated heterocycles. The molecule has 0 spiro atoms. The number of anilines is 1. The lowest BCUT2D eigenvalue weighted by Crippen LogP contribution is -2.71. The number of nitrogens with one attached hydrogen (secondary N) is 1. The van der Waals surface area contributed by atoms with Gasteiger partial charge in [-0.15, -0.1) is 11.8 Å². The number of nitrogen functional groups attached to an aromatic ring is 1. The number of rotatable bonds is 14. The SMILES string of the molecule is Nc1nc(/C(=N/OCF)C(=O)N[C@@H]2C(=O)N3C(C(=O)O)=C(C[N+](CCO)(CCO)CCO)CS[C@H]23)ns1. The Morgan fingerprint density at radius 2 is 1.89 bits per heavy atom. The van der Waals surface area contributed by atoms with E-state index in [1.807, 2.05) is 0 Å². The maximum Gasteiger partial charge on any atom is 0.352 e. The molecular formula is C19H27FN7O8S2+. The number of halogens is 1. The summed E-state index contributed by atoms with van der Waals surface area (Å²) in [5, 5.41) is 43.6. The number of aliphatic hydroxyl groups excluding tert-OH is 3. The van der Waals surface area contributed by atoms with Crippen molar-refractivity contribution in [2.45, 2.75) is 11.4 Å². The fraction of sp³-hybridized carbons (Fsp3) is 0.579. The fourth-order valence-electron chi connectivity index (χ4n) is 4.23. The van der Waals surface area contributed by atoms with Crippen LogP contribution in [0, 0.1) is 0 Å². The van der Waals surface area contributed by atoms with Gasteiger partial charge in [-0.25, -0.2) is 9.18 Å². The van der Waals surface area contributed by atoms with Crippen LogP contribution in [0.1, 0.15) is 5.82 Å². The van der Waals surface area contributed by atoms with Crippen LogP contribution in [-0.4, -0.2) is 133 Å². The summed E-state index contributed by atoms with van der Waals surface area (Å²) in [6, 6.07) is -1.12. The van der Waals surface area contributed by atoms with E-state index in [9.17, 15) is 39.2 Å². The van der Waals surface area contributed by atoms with E-state index in [1.165, 1.54) is 11.8 Å². The van der Waals surface area contributed by atoms with Crippen molar-refractivity contribution < 1.29 is 48.5 Å². The highest BCUT2D eigenvalue weighted by Crippen LogP contribution is 2.41. The molecule has 15 nitrogen and oxygen atoms in total. The monoisotopic (exact) mass is 564 g/mol. The van der Waals surface area contributed by atoms with E-state index in [2.05, 4.69) is 24.7 Å². The number of thioether (sulfide) groups is 1. The number of quaternary nitrogens is 1. The second kappa shape index (κ2) is 12.6. The van der Waals surface area contributed by atoms with Crippen molar-refractivity contribution in [3.63, 3.8) is 0 Å². The number of amides is 2. The first-order valence-corrected chi connectivity index (χ1v) is 12.8. The van der Waals surface area contributed by atoms with Crippen molar-refractivity contribution in [2.24, 2.45) is 5.16 Å². The predicted molar refractivity (Wildman–Crippen MR) is 129 cm³/mol. The molecule has 1 fully saturated rings. The Balaban J connectivity index is 1.83. The molecule has 0 unspecified atom stereocenters. The zero-order valence-corrected chi connectivity index (χ0v) is 21.1. The van der Waals surface area contributed by atoms with Gasteiger partial charge >= 0.3 is 5.97 Å². The number of nitrogens with zero attached hydrogens (tertiary/aromatic N) is 5. The van der Waals surface area contributed by atoms with E-state index in [0.29, 0.717) is 5.57 Å². The minimum absolute atomic E-state index is 0.0197. The third-order valence-electron chi connectivity index (χ3n) is 5.86. The molecule has 1 aromatic rings. The van der Waals surface area contributed by atoms with Crippen molar-refractivity contribution in [1.82, 2.24) is 19.6 Å². The third-order valence-corrected chi connectivity index (χ3v) is 7.74. The molecule has 2 atom stereocenters. The molecule has 0 radical (unpaired) electrons. The first-order valence-electron chi connectivity index (χ1n) is 11.0. The number of aromatic nitrogens is 2. The maximum absolute atomic E-state index is 13.0. The molecule has 37 heavy (non-hydrogen) atoms. The number of hydrogen-bond acceptors (Lipinski definition) is 13. The quantitative estimate of drug-likeness (QED) is 0.0588. The highest BCUT2D eigenvalue weighted by molar-refractivity contribution is 8.00. The molecule has 2 amide bonds. The number of aliphatic carboxylic acids is 1. The van der Waals surface area contributed by atoms with Gasteiger partial charge < -0.3 is 40.8 Å². The van der Waals surface area contributed by atoms with Crippen LogP contribution in [0.5, 0.6) is 0 Å². The minimum Gasteiger partial charge on any atom is -0.477 e. The first-order chi connectivity index (χ1) is 17.7. The van der Waals surface area contributed by atoms with E-state index < -0.39 is 41.8 Å². The van der Waals surface area contributed by atoms with Crippen LogP contribution in [0.3, 0.4) is 0 Å². The van der Waals surface area contributed by atoms with Crippen LogP contribution in [0.4, 0.5) is 9.52 Å². The van der Waals surface area contributed by atoms with Gasteiger partial charge in [-0.3, -0.25) is 14.5 Å². The van der Waals surface area contributed by atoms with Gasteiger partial charge in [-0.1, -0.05) is 5.16 Å². The zero-order chi connectivity index (χ0) is 27.2. The number of carbonyl (C=O) groups is 3. The summed E-state index contributed by atoms with van der Waals surface area (Å²) < 4.78 is 16.4. The van der Waals surface area contributed by atoms with Crippen LogP contribution < -0.4 is 11.1 Å². The van der Waals surface area contributed by atoms with E-state index in [1.54, 1.807) is 0 Å². The van der Waals surface area contributed by atoms with Gasteiger partial charge in [0.25, 0.3) is 18.7 Å². The Labute approximate surface area is 218 Å². The van der Waals surface area contributed by atoms with Gasteiger partial charge in [0.05, 0.1) is 19.8 Å². The number of aliphatic hydroxyl groups is 3. The Bertz CT molecular complexity index is 1070. The molecule has 3 rings (SSSR count). The molecule has 0 saturated carbocycles. The summed E-state index contributed by atoms with van der Waals surface area (Å²) >= 11 is 1.98. The standard InChI is InChI=1S/C19H26FN7O8S2/c20-9-35-24-11(14-23-19(21)37-25-14)15(31)22-12-16(32)26-13(18(33)34)10(8-36-17(12)26)7-27(1-4-28,2-5-29)3-6-30/h12,17,28-30H,1-9H2,(H3-,21,22,23,25,31,33,34)/p+1/b24-11-/t12-,17-/m1/s1. The highest BCUT2D eigenvalue weighted by atomic mass is 32.2. The fourth-order valence-corrected chi connectivity index (χ4v) is 6.00. The molecule has 204 valence electrons. The number of carboxylic acid groups (broad SMARTS) is 1. The third kappa shape index (κ3) is 6.16. The Hall–Kier alpha value is -2.90. The average Bonchev–Trinajstić information content (AvgIpc) is 3.28. The highest BCUT2D eigenvalue weighted by Gasteiger charge is 2.55. The zero-order valence-electron chi connectivity index (χ0n) is 19.4. The second-order valence-electron chi connectivity index (χ2n) is 8.09. The molecule has 0 aromatic carbocycles. The molecule has 2 aliphatic rings. The predicted octanol–water partition coefficient (Wildman–Crippen LogP) is -2.70. The van der Waals surface area contributed by atoms with Crippen molar-refractivity contribution in [2.75, 3.05) is 64.3 Å². The number of carbonyl (C=O) groups excluding carboxylic acids is 2. The van der Waals surface area contributed by atoms with Crippen LogP contribution in [0.2, 0.25) is 0 Å². The number of nitrogens with two attached hydrogens (primary N) is 1. The number of β-lactam (4-membered cyclic amide) rings is 1. The summed E-state index contributed by atoms with van der Waals surface area (Å²) in [4.78, 5) is 47.2. The lowest BCUT2D eigenvalue weighted by molar-refractivity contribution is -0.924. The van der Waals surface area contributed by atoms with Crippen LogP contribution in [0.15, 0.2) is 16.4 Å². The van der Waals surface area contributed by atoms with Gasteiger partial charge in [0.2, 0.25) is 11.5 Å². The molecule has 2 aliphatic heterocycles. The van der Waals surface area contributed by atoms with Gasteiger partial charge in [-0.05, 0) is 0 Å². The molecule has 0 aliphatic carbocycles. The van der Waals surface area contributed by atoms with Crippen molar-refractivity contribution >= 4 is 51.9 Å². The van der Waals surface area contributed by atoms with Gasteiger partial charge in [0.15, 0.2) is 5.13 Å². The number of carboxylic acids is 1. The van der Waals surface area contributed by atoms with Gasteiger partial charge in [-0.2, -0.15) is 9.36 Å².